The van der Waals surface area contributed by atoms with Crippen LogP contribution in [0.25, 0.3) is 0 Å². The molecule has 0 amide bonds. The van der Waals surface area contributed by atoms with Gasteiger partial charge in [0.1, 0.15) is 6.29 Å². The molecule has 90 valence electrons. The normalized spacial score (nSPS) is 32.8. The fourth-order valence-electron chi connectivity index (χ4n) is 3.34. The predicted octanol–water partition coefficient (Wildman–Crippen LogP) is 2.89. The standard InChI is InChI=1S/C13H21NO2/c1-12(2)7-11(14-10-16)8-13(3,9-12)5-4-6-15/h6,11H,4-5,7-9H2,1-3H3. The van der Waals surface area contributed by atoms with E-state index in [1.165, 1.54) is 0 Å². The molecule has 1 aliphatic rings. The number of hydrogen-bond acceptors (Lipinski definition) is 3. The molecule has 1 saturated carbocycles. The minimum absolute atomic E-state index is 0.0814. The monoisotopic (exact) mass is 223 g/mol. The lowest BCUT2D eigenvalue weighted by molar-refractivity contribution is -0.108. The van der Waals surface area contributed by atoms with Gasteiger partial charge in [0.2, 0.25) is 6.08 Å². The topological polar surface area (TPSA) is 46.5 Å². The van der Waals surface area contributed by atoms with Gasteiger partial charge in [0.05, 0.1) is 6.04 Å². The third kappa shape index (κ3) is 3.57. The molecule has 0 aliphatic heterocycles. The predicted molar refractivity (Wildman–Crippen MR) is 62.9 cm³/mol. The molecule has 0 N–H and O–H groups in total. The lowest BCUT2D eigenvalue weighted by atomic mass is 9.61. The van der Waals surface area contributed by atoms with Crippen molar-refractivity contribution in [1.82, 2.24) is 0 Å². The number of carbonyl (C=O) groups is 1. The molecule has 2 unspecified atom stereocenters. The van der Waals surface area contributed by atoms with Crippen molar-refractivity contribution in [3.05, 3.63) is 0 Å². The summed E-state index contributed by atoms with van der Waals surface area (Å²) in [6, 6.07) is 0.0814. The fraction of sp³-hybridized carbons (Fsp3) is 0.846. The molecule has 0 bridgehead atoms. The van der Waals surface area contributed by atoms with E-state index in [9.17, 15) is 9.59 Å². The van der Waals surface area contributed by atoms with E-state index in [1.807, 2.05) is 0 Å². The summed E-state index contributed by atoms with van der Waals surface area (Å²) < 4.78 is 0. The summed E-state index contributed by atoms with van der Waals surface area (Å²) in [5, 5.41) is 0. The fourth-order valence-corrected chi connectivity index (χ4v) is 3.34. The Morgan fingerprint density at radius 1 is 1.38 bits per heavy atom. The van der Waals surface area contributed by atoms with Crippen LogP contribution in [0, 0.1) is 10.8 Å². The first-order valence-corrected chi connectivity index (χ1v) is 5.91. The molecule has 0 heterocycles. The maximum absolute atomic E-state index is 10.5. The minimum Gasteiger partial charge on any atom is -0.303 e. The van der Waals surface area contributed by atoms with Gasteiger partial charge in [-0.25, -0.2) is 9.79 Å². The van der Waals surface area contributed by atoms with Crippen LogP contribution >= 0.6 is 0 Å². The molecule has 0 radical (unpaired) electrons. The Kier molecular flexibility index (Phi) is 4.03. The summed E-state index contributed by atoms with van der Waals surface area (Å²) >= 11 is 0. The molecule has 0 aromatic heterocycles. The summed E-state index contributed by atoms with van der Waals surface area (Å²) in [6.45, 7) is 6.61. The molecule has 0 spiro atoms. The van der Waals surface area contributed by atoms with E-state index in [4.69, 9.17) is 0 Å². The molecule has 1 rings (SSSR count). The number of carbonyl (C=O) groups excluding carboxylic acids is 2. The van der Waals surface area contributed by atoms with Crippen molar-refractivity contribution < 1.29 is 9.59 Å². The first-order valence-electron chi connectivity index (χ1n) is 5.91. The average Bonchev–Trinajstić information content (AvgIpc) is 2.12. The molecule has 1 fully saturated rings. The molecule has 16 heavy (non-hydrogen) atoms. The van der Waals surface area contributed by atoms with Crippen LogP contribution in [-0.4, -0.2) is 18.4 Å². The summed E-state index contributed by atoms with van der Waals surface area (Å²) in [6.07, 6.45) is 7.09. The van der Waals surface area contributed by atoms with Crippen LogP contribution in [0.3, 0.4) is 0 Å². The Labute approximate surface area is 97.3 Å². The van der Waals surface area contributed by atoms with Gasteiger partial charge in [-0.3, -0.25) is 0 Å². The Balaban J connectivity index is 2.77. The highest BCUT2D eigenvalue weighted by molar-refractivity contribution is 5.49. The maximum Gasteiger partial charge on any atom is 0.235 e. The number of isocyanates is 1. The number of hydrogen-bond donors (Lipinski definition) is 0. The van der Waals surface area contributed by atoms with E-state index < -0.39 is 0 Å². The molecule has 0 aromatic carbocycles. The van der Waals surface area contributed by atoms with Gasteiger partial charge in [0, 0.05) is 6.42 Å². The lowest BCUT2D eigenvalue weighted by Crippen LogP contribution is -2.37. The highest BCUT2D eigenvalue weighted by atomic mass is 16.1. The smallest absolute Gasteiger partial charge is 0.235 e. The minimum atomic E-state index is 0.0814. The summed E-state index contributed by atoms with van der Waals surface area (Å²) in [5.74, 6) is 0. The van der Waals surface area contributed by atoms with Crippen LogP contribution in [0.5, 0.6) is 0 Å². The molecule has 3 heteroatoms. The Morgan fingerprint density at radius 3 is 2.62 bits per heavy atom. The summed E-state index contributed by atoms with van der Waals surface area (Å²) in [4.78, 5) is 24.7. The Morgan fingerprint density at radius 2 is 2.06 bits per heavy atom. The van der Waals surface area contributed by atoms with Crippen molar-refractivity contribution in [2.24, 2.45) is 15.8 Å². The van der Waals surface area contributed by atoms with Gasteiger partial charge in [-0.15, -0.1) is 0 Å². The molecule has 1 aliphatic carbocycles. The molecule has 0 saturated heterocycles. The van der Waals surface area contributed by atoms with Crippen LogP contribution in [-0.2, 0) is 9.59 Å². The van der Waals surface area contributed by atoms with E-state index in [0.717, 1.165) is 32.0 Å². The van der Waals surface area contributed by atoms with Crippen molar-refractivity contribution in [3.8, 4) is 0 Å². The van der Waals surface area contributed by atoms with Crippen molar-refractivity contribution in [3.63, 3.8) is 0 Å². The van der Waals surface area contributed by atoms with E-state index >= 15 is 0 Å². The first-order chi connectivity index (χ1) is 7.41. The first kappa shape index (κ1) is 13.1. The third-order valence-electron chi connectivity index (χ3n) is 3.52. The molecular formula is C13H21NO2. The van der Waals surface area contributed by atoms with Gasteiger partial charge in [0.25, 0.3) is 0 Å². The van der Waals surface area contributed by atoms with Gasteiger partial charge >= 0.3 is 0 Å². The third-order valence-corrected chi connectivity index (χ3v) is 3.52. The van der Waals surface area contributed by atoms with E-state index in [0.29, 0.717) is 6.42 Å². The van der Waals surface area contributed by atoms with Crippen molar-refractivity contribution in [2.45, 2.75) is 58.9 Å². The van der Waals surface area contributed by atoms with E-state index in [1.54, 1.807) is 6.08 Å². The van der Waals surface area contributed by atoms with Gasteiger partial charge in [-0.2, -0.15) is 0 Å². The number of rotatable bonds is 4. The van der Waals surface area contributed by atoms with Crippen LogP contribution < -0.4 is 0 Å². The zero-order valence-electron chi connectivity index (χ0n) is 10.5. The van der Waals surface area contributed by atoms with Gasteiger partial charge in [-0.05, 0) is 36.5 Å². The van der Waals surface area contributed by atoms with Gasteiger partial charge in [0.15, 0.2) is 0 Å². The van der Waals surface area contributed by atoms with Crippen molar-refractivity contribution in [1.29, 1.82) is 0 Å². The molecule has 0 aromatic rings. The number of nitrogens with zero attached hydrogens (tertiary/aromatic N) is 1. The zero-order chi connectivity index (χ0) is 12.2. The highest BCUT2D eigenvalue weighted by Gasteiger charge is 2.40. The van der Waals surface area contributed by atoms with Crippen LogP contribution in [0.2, 0.25) is 0 Å². The lowest BCUT2D eigenvalue weighted by Gasteiger charge is -2.45. The second-order valence-electron chi connectivity index (χ2n) is 6.14. The molecule has 2 atom stereocenters. The van der Waals surface area contributed by atoms with E-state index in [2.05, 4.69) is 25.8 Å². The van der Waals surface area contributed by atoms with Crippen LogP contribution in [0.15, 0.2) is 4.99 Å². The quantitative estimate of drug-likeness (QED) is 0.418. The molecular weight excluding hydrogens is 202 g/mol. The summed E-state index contributed by atoms with van der Waals surface area (Å²) in [7, 11) is 0. The second kappa shape index (κ2) is 4.92. The average molecular weight is 223 g/mol. The van der Waals surface area contributed by atoms with Gasteiger partial charge in [-0.1, -0.05) is 20.8 Å². The second-order valence-corrected chi connectivity index (χ2v) is 6.14. The SMILES string of the molecule is CC1(C)CC(N=C=O)CC(C)(CCC=O)C1. The number of aliphatic imine (C=N–C) groups is 1. The Bertz CT molecular complexity index is 305. The molecule has 3 nitrogen and oxygen atoms in total. The van der Waals surface area contributed by atoms with Crippen molar-refractivity contribution >= 4 is 12.4 Å². The summed E-state index contributed by atoms with van der Waals surface area (Å²) in [5.41, 5.74) is 0.328. The van der Waals surface area contributed by atoms with Crippen LogP contribution in [0.1, 0.15) is 52.9 Å². The highest BCUT2D eigenvalue weighted by Crippen LogP contribution is 2.49. The van der Waals surface area contributed by atoms with Crippen molar-refractivity contribution in [2.75, 3.05) is 0 Å². The largest absolute Gasteiger partial charge is 0.303 e. The van der Waals surface area contributed by atoms with Gasteiger partial charge < -0.3 is 4.79 Å². The number of aldehydes is 1. The Hall–Kier alpha value is -0.950. The van der Waals surface area contributed by atoms with Crippen LogP contribution in [0.4, 0.5) is 0 Å². The zero-order valence-corrected chi connectivity index (χ0v) is 10.5. The van der Waals surface area contributed by atoms with E-state index in [-0.39, 0.29) is 16.9 Å². The maximum atomic E-state index is 10.5.